The molecular formula is C4H6S. The van der Waals surface area contributed by atoms with Crippen molar-refractivity contribution in [1.29, 1.82) is 0 Å². The van der Waals surface area contributed by atoms with E-state index in [1.807, 2.05) is 0 Å². The molecule has 5 heavy (non-hydrogen) atoms. The first-order valence-electron chi connectivity index (χ1n) is 1.93. The van der Waals surface area contributed by atoms with Crippen molar-refractivity contribution in [2.45, 2.75) is 0 Å². The van der Waals surface area contributed by atoms with Crippen LogP contribution in [0.3, 0.4) is 0 Å². The predicted molar refractivity (Wildman–Crippen MR) is 27.2 cm³/mol. The molecule has 0 saturated carbocycles. The summed E-state index contributed by atoms with van der Waals surface area (Å²) in [6.07, 6.45) is 5.24. The molecule has 0 aliphatic rings. The van der Waals surface area contributed by atoms with Crippen LogP contribution in [0.15, 0.2) is 0 Å². The first kappa shape index (κ1) is 3.11. The summed E-state index contributed by atoms with van der Waals surface area (Å²) in [6.45, 7) is 0. The molecule has 0 aliphatic heterocycles. The van der Waals surface area contributed by atoms with E-state index in [1.165, 1.54) is 11.8 Å². The lowest BCUT2D eigenvalue weighted by Gasteiger charge is -1.70. The molecule has 0 atom stereocenters. The highest BCUT2D eigenvalue weighted by atomic mass is 32.2. The van der Waals surface area contributed by atoms with Crippen molar-refractivity contribution in [3.8, 4) is 12.3 Å². The van der Waals surface area contributed by atoms with Gasteiger partial charge in [0.1, 0.15) is 0 Å². The summed E-state index contributed by atoms with van der Waals surface area (Å²) in [5, 5.41) is 0. The lowest BCUT2D eigenvalue weighted by molar-refractivity contribution is 1.96. The van der Waals surface area contributed by atoms with E-state index in [-0.39, 0.29) is 0 Å². The number of thioether (sulfide) groups is 1. The Balaban J connectivity index is 2.54. The average molecular weight is 87.2 g/mol. The van der Waals surface area contributed by atoms with Crippen LogP contribution in [0.4, 0.5) is 0 Å². The van der Waals surface area contributed by atoms with Crippen LogP contribution in [0.1, 0.15) is 1.37 Å². The Bertz CT molecular complexity index is 55.1. The lowest BCUT2D eigenvalue weighted by atomic mass is 10.8. The van der Waals surface area contributed by atoms with Crippen molar-refractivity contribution in [3.63, 3.8) is 0 Å². The second-order valence-electron chi connectivity index (χ2n) is 0.553. The lowest BCUT2D eigenvalue weighted by Crippen LogP contribution is -1.59. The molecule has 0 saturated heterocycles. The van der Waals surface area contributed by atoms with E-state index in [4.69, 9.17) is 7.79 Å². The van der Waals surface area contributed by atoms with Crippen LogP contribution in [-0.4, -0.2) is 12.0 Å². The molecule has 0 aliphatic carbocycles. The molecular weight excluding hydrogens is 80.1 g/mol. The molecule has 1 heteroatoms. The Morgan fingerprint density at radius 1 is 2.40 bits per heavy atom. The van der Waals surface area contributed by atoms with Crippen molar-refractivity contribution in [2.24, 2.45) is 0 Å². The van der Waals surface area contributed by atoms with Gasteiger partial charge in [0, 0.05) is 1.37 Å². The fraction of sp³-hybridized carbons (Fsp3) is 0.500. The standard InChI is InChI=1S/C4H6S/c1-3-4-5-2/h1H,4H2,2H3/i2D. The van der Waals surface area contributed by atoms with Crippen molar-refractivity contribution in [3.05, 3.63) is 0 Å². The van der Waals surface area contributed by atoms with Gasteiger partial charge in [0.25, 0.3) is 0 Å². The van der Waals surface area contributed by atoms with E-state index in [1.54, 1.807) is 0 Å². The summed E-state index contributed by atoms with van der Waals surface area (Å²) in [4.78, 5) is 0. The Kier molecular flexibility index (Phi) is 2.43. The van der Waals surface area contributed by atoms with E-state index in [2.05, 4.69) is 5.92 Å². The van der Waals surface area contributed by atoms with Gasteiger partial charge in [-0.3, -0.25) is 0 Å². The van der Waals surface area contributed by atoms with Crippen LogP contribution in [0.25, 0.3) is 0 Å². The highest BCUT2D eigenvalue weighted by Gasteiger charge is 1.60. The Morgan fingerprint density at radius 3 is 3.40 bits per heavy atom. The molecule has 0 N–H and O–H groups in total. The van der Waals surface area contributed by atoms with Gasteiger partial charge in [-0.1, -0.05) is 5.92 Å². The van der Waals surface area contributed by atoms with Crippen molar-refractivity contribution in [1.82, 2.24) is 0 Å². The second kappa shape index (κ2) is 3.91. The normalized spacial score (nSPS) is 9.00. The van der Waals surface area contributed by atoms with Crippen LogP contribution in [0.2, 0.25) is 0 Å². The van der Waals surface area contributed by atoms with Crippen molar-refractivity contribution in [2.75, 3.05) is 12.0 Å². The summed E-state index contributed by atoms with van der Waals surface area (Å²) in [7, 11) is 0. The predicted octanol–water partition coefficient (Wildman–Crippen LogP) is 0.983. The minimum Gasteiger partial charge on any atom is -0.152 e. The van der Waals surface area contributed by atoms with Gasteiger partial charge in [-0.2, -0.15) is 11.8 Å². The summed E-state index contributed by atoms with van der Waals surface area (Å²) in [5.74, 6) is 3.08. The van der Waals surface area contributed by atoms with Gasteiger partial charge in [0.05, 0.1) is 5.75 Å². The number of terminal acetylenes is 1. The summed E-state index contributed by atoms with van der Waals surface area (Å²) in [6, 6.07) is 0. The van der Waals surface area contributed by atoms with Gasteiger partial charge in [-0.25, -0.2) is 0 Å². The quantitative estimate of drug-likeness (QED) is 0.339. The molecule has 0 radical (unpaired) electrons. The molecule has 0 nitrogen and oxygen atoms in total. The number of hydrogen-bond donors (Lipinski definition) is 0. The maximum absolute atomic E-state index is 6.57. The largest absolute Gasteiger partial charge is 0.152 e. The zero-order chi connectivity index (χ0) is 4.83. The topological polar surface area (TPSA) is 0 Å². The fourth-order valence-corrected chi connectivity index (χ4v) is 0.177. The molecule has 0 spiro atoms. The van der Waals surface area contributed by atoms with Gasteiger partial charge in [0.2, 0.25) is 0 Å². The van der Waals surface area contributed by atoms with E-state index in [0.29, 0.717) is 12.0 Å². The average Bonchev–Trinajstić information content (AvgIpc) is 1.61. The van der Waals surface area contributed by atoms with Crippen LogP contribution < -0.4 is 0 Å². The molecule has 28 valence electrons. The SMILES string of the molecule is [2H]CSCC#C. The van der Waals surface area contributed by atoms with E-state index >= 15 is 0 Å². The first-order chi connectivity index (χ1) is 2.91. The van der Waals surface area contributed by atoms with Crippen LogP contribution in [0.5, 0.6) is 0 Å². The molecule has 0 rings (SSSR count). The molecule has 0 heterocycles. The molecule has 0 aromatic rings. The Hall–Kier alpha value is -0.0900. The minimum atomic E-state index is 0.379. The van der Waals surface area contributed by atoms with Gasteiger partial charge in [-0.05, 0) is 6.23 Å². The highest BCUT2D eigenvalue weighted by molar-refractivity contribution is 7.98. The number of hydrogen-bond acceptors (Lipinski definition) is 1. The second-order valence-corrected chi connectivity index (χ2v) is 1.25. The summed E-state index contributed by atoms with van der Waals surface area (Å²) < 4.78 is 6.57. The maximum Gasteiger partial charge on any atom is 0.0542 e. The van der Waals surface area contributed by atoms with Crippen LogP contribution in [-0.2, 0) is 0 Å². The van der Waals surface area contributed by atoms with Gasteiger partial charge >= 0.3 is 0 Å². The van der Waals surface area contributed by atoms with Crippen LogP contribution >= 0.6 is 11.8 Å². The third-order valence-corrected chi connectivity index (χ3v) is 0.556. The molecule has 0 bridgehead atoms. The first-order valence-corrected chi connectivity index (χ1v) is 2.37. The molecule has 0 unspecified atom stereocenters. The van der Waals surface area contributed by atoms with Gasteiger partial charge in [-0.15, -0.1) is 6.42 Å². The third kappa shape index (κ3) is 3.91. The van der Waals surface area contributed by atoms with E-state index in [9.17, 15) is 0 Å². The maximum atomic E-state index is 6.57. The summed E-state index contributed by atoms with van der Waals surface area (Å²) >= 11 is 1.44. The molecule has 0 aromatic carbocycles. The van der Waals surface area contributed by atoms with Crippen molar-refractivity contribution < 1.29 is 1.37 Å². The monoisotopic (exact) mass is 87.0 g/mol. The van der Waals surface area contributed by atoms with E-state index < -0.39 is 0 Å². The zero-order valence-corrected chi connectivity index (χ0v) is 3.72. The Morgan fingerprint density at radius 2 is 3.20 bits per heavy atom. The van der Waals surface area contributed by atoms with E-state index in [0.717, 1.165) is 0 Å². The van der Waals surface area contributed by atoms with Crippen LogP contribution in [0, 0.1) is 12.3 Å². The van der Waals surface area contributed by atoms with Gasteiger partial charge < -0.3 is 0 Å². The fourth-order valence-electron chi connectivity index (χ4n) is 0.0589. The van der Waals surface area contributed by atoms with Gasteiger partial charge in [0.15, 0.2) is 0 Å². The van der Waals surface area contributed by atoms with Crippen molar-refractivity contribution >= 4 is 11.8 Å². The molecule has 0 fully saturated rings. The smallest absolute Gasteiger partial charge is 0.0542 e. The Labute approximate surface area is 38.4 Å². The number of rotatable bonds is 1. The highest BCUT2D eigenvalue weighted by Crippen LogP contribution is 1.84. The molecule has 0 amide bonds. The zero-order valence-electron chi connectivity index (χ0n) is 3.90. The third-order valence-electron chi connectivity index (χ3n) is 0.185. The molecule has 0 aromatic heterocycles. The minimum absolute atomic E-state index is 0.379. The summed E-state index contributed by atoms with van der Waals surface area (Å²) in [5.41, 5.74) is 0.